The molecule has 0 bridgehead atoms. The maximum Gasteiger partial charge on any atom is 0.410 e. The van der Waals surface area contributed by atoms with E-state index in [4.69, 9.17) is 4.74 Å². The van der Waals surface area contributed by atoms with Crippen molar-refractivity contribution in [1.82, 2.24) is 19.4 Å². The molecule has 49 heavy (non-hydrogen) atoms. The molecule has 2 amide bonds. The Balaban J connectivity index is 1.02. The molecule has 2 fully saturated rings. The van der Waals surface area contributed by atoms with E-state index in [2.05, 4.69) is 55.6 Å². The lowest BCUT2D eigenvalue weighted by molar-refractivity contribution is -0.0848. The number of aromatic nitrogens is 2. The van der Waals surface area contributed by atoms with E-state index in [0.29, 0.717) is 22.7 Å². The number of alkyl halides is 2. The van der Waals surface area contributed by atoms with Crippen molar-refractivity contribution in [1.29, 1.82) is 0 Å². The monoisotopic (exact) mass is 735 g/mol. The van der Waals surface area contributed by atoms with Gasteiger partial charge in [0, 0.05) is 60.2 Å². The lowest BCUT2D eigenvalue weighted by atomic mass is 9.86. The molecular formula is C38H44BrF2N5O3. The van der Waals surface area contributed by atoms with Gasteiger partial charge in [0.15, 0.2) is 0 Å². The predicted molar refractivity (Wildman–Crippen MR) is 191 cm³/mol. The third-order valence-corrected chi connectivity index (χ3v) is 10.5. The van der Waals surface area contributed by atoms with Gasteiger partial charge in [-0.25, -0.2) is 18.6 Å². The Morgan fingerprint density at radius 3 is 2.24 bits per heavy atom. The Hall–Kier alpha value is -3.83. The average Bonchev–Trinajstić information content (AvgIpc) is 3.39. The Labute approximate surface area is 295 Å². The fourth-order valence-electron chi connectivity index (χ4n) is 7.02. The van der Waals surface area contributed by atoms with Gasteiger partial charge in [-0.3, -0.25) is 9.69 Å². The second-order valence-corrected chi connectivity index (χ2v) is 15.2. The van der Waals surface area contributed by atoms with Crippen molar-refractivity contribution in [2.24, 2.45) is 7.05 Å². The molecule has 2 aliphatic heterocycles. The van der Waals surface area contributed by atoms with Crippen LogP contribution >= 0.6 is 15.9 Å². The first kappa shape index (κ1) is 35.0. The van der Waals surface area contributed by atoms with Crippen LogP contribution in [0.5, 0.6) is 0 Å². The van der Waals surface area contributed by atoms with Crippen LogP contribution in [0.3, 0.4) is 0 Å². The summed E-state index contributed by atoms with van der Waals surface area (Å²) in [5.74, 6) is -3.87. The number of benzene rings is 2. The van der Waals surface area contributed by atoms with Gasteiger partial charge in [0.25, 0.3) is 11.8 Å². The maximum atomic E-state index is 15.2. The molecule has 0 N–H and O–H groups in total. The molecule has 0 spiro atoms. The highest BCUT2D eigenvalue weighted by molar-refractivity contribution is 9.10. The summed E-state index contributed by atoms with van der Waals surface area (Å²) in [5, 5.41) is 1.13. The topological polar surface area (TPSA) is 70.9 Å². The number of amides is 2. The normalized spacial score (nSPS) is 18.9. The van der Waals surface area contributed by atoms with Gasteiger partial charge >= 0.3 is 6.09 Å². The van der Waals surface area contributed by atoms with E-state index in [1.807, 2.05) is 24.4 Å². The number of carbonyl (C=O) groups is 2. The van der Waals surface area contributed by atoms with Crippen molar-refractivity contribution in [2.45, 2.75) is 69.9 Å². The third kappa shape index (κ3) is 7.67. The van der Waals surface area contributed by atoms with E-state index >= 15 is 8.78 Å². The van der Waals surface area contributed by atoms with Crippen LogP contribution in [0.25, 0.3) is 11.0 Å². The summed E-state index contributed by atoms with van der Waals surface area (Å²) in [6.45, 7) is 7.50. The number of ether oxygens (including phenoxy) is 1. The Bertz CT molecular complexity index is 1810. The van der Waals surface area contributed by atoms with Crippen molar-refractivity contribution in [3.63, 3.8) is 0 Å². The summed E-state index contributed by atoms with van der Waals surface area (Å²) < 4.78 is 39.0. The number of nitrogens with zero attached hydrogens (tertiary/aromatic N) is 5. The highest BCUT2D eigenvalue weighted by Crippen LogP contribution is 2.41. The van der Waals surface area contributed by atoms with Crippen LogP contribution in [-0.4, -0.2) is 76.1 Å². The number of pyridine rings is 1. The van der Waals surface area contributed by atoms with Crippen LogP contribution in [0.15, 0.2) is 71.3 Å². The van der Waals surface area contributed by atoms with Crippen LogP contribution in [0.1, 0.15) is 79.0 Å². The lowest BCUT2D eigenvalue weighted by Crippen LogP contribution is -2.50. The number of hydrogen-bond donors (Lipinski definition) is 0. The first-order valence-electron chi connectivity index (χ1n) is 16.8. The molecular weight excluding hydrogens is 692 g/mol. The van der Waals surface area contributed by atoms with Crippen molar-refractivity contribution < 1.29 is 23.1 Å². The van der Waals surface area contributed by atoms with Crippen molar-refractivity contribution in [2.75, 3.05) is 38.1 Å². The number of likely N-dealkylation sites (tertiary alicyclic amines) is 2. The Morgan fingerprint density at radius 2 is 1.63 bits per heavy atom. The first-order chi connectivity index (χ1) is 23.2. The number of halogens is 3. The third-order valence-electron chi connectivity index (χ3n) is 9.82. The van der Waals surface area contributed by atoms with Crippen LogP contribution < -0.4 is 4.90 Å². The summed E-state index contributed by atoms with van der Waals surface area (Å²) in [7, 11) is 3.76. The van der Waals surface area contributed by atoms with Gasteiger partial charge < -0.3 is 19.1 Å². The minimum Gasteiger partial charge on any atom is -0.444 e. The molecule has 1 unspecified atom stereocenters. The van der Waals surface area contributed by atoms with Gasteiger partial charge in [-0.2, -0.15) is 0 Å². The van der Waals surface area contributed by atoms with E-state index in [0.717, 1.165) is 52.9 Å². The van der Waals surface area contributed by atoms with Gasteiger partial charge in [-0.1, -0.05) is 24.3 Å². The zero-order chi connectivity index (χ0) is 35.1. The van der Waals surface area contributed by atoms with E-state index in [1.54, 1.807) is 57.0 Å². The molecule has 1 atom stereocenters. The molecule has 0 saturated carbocycles. The van der Waals surface area contributed by atoms with Crippen molar-refractivity contribution >= 4 is 44.7 Å². The molecule has 11 heteroatoms. The Kier molecular flexibility index (Phi) is 9.88. The smallest absolute Gasteiger partial charge is 0.410 e. The molecule has 0 aliphatic carbocycles. The summed E-state index contributed by atoms with van der Waals surface area (Å²) in [4.78, 5) is 35.4. The number of aryl methyl sites for hydroxylation is 1. The van der Waals surface area contributed by atoms with Crippen LogP contribution in [-0.2, 0) is 18.3 Å². The number of anilines is 1. The predicted octanol–water partition coefficient (Wildman–Crippen LogP) is 8.35. The number of fused-ring (bicyclic) bond motifs is 1. The van der Waals surface area contributed by atoms with Gasteiger partial charge in [-0.15, -0.1) is 0 Å². The first-order valence-corrected chi connectivity index (χ1v) is 17.6. The summed E-state index contributed by atoms with van der Waals surface area (Å²) in [6.07, 6.45) is 3.31. The van der Waals surface area contributed by atoms with Crippen LogP contribution in [0, 0.1) is 0 Å². The fourth-order valence-corrected chi connectivity index (χ4v) is 7.43. The summed E-state index contributed by atoms with van der Waals surface area (Å²) in [5.41, 5.74) is 4.39. The molecule has 0 radical (unpaired) electrons. The van der Waals surface area contributed by atoms with Gasteiger partial charge in [0.2, 0.25) is 0 Å². The second-order valence-electron chi connectivity index (χ2n) is 14.4. The molecule has 260 valence electrons. The highest BCUT2D eigenvalue weighted by Gasteiger charge is 2.47. The minimum absolute atomic E-state index is 0.117. The molecule has 4 heterocycles. The molecule has 6 rings (SSSR count). The quantitative estimate of drug-likeness (QED) is 0.199. The number of hydrogen-bond acceptors (Lipinski definition) is 5. The number of rotatable bonds is 6. The maximum absolute atomic E-state index is 15.2. The largest absolute Gasteiger partial charge is 0.444 e. The Morgan fingerprint density at radius 1 is 0.980 bits per heavy atom. The van der Waals surface area contributed by atoms with Crippen molar-refractivity contribution in [3.8, 4) is 0 Å². The van der Waals surface area contributed by atoms with Gasteiger partial charge in [0.1, 0.15) is 11.2 Å². The standard InChI is InChI=1S/C38H44BrF2N5O3/c1-37(2,3)49-36(48)46-21-17-32(38(40,41)24-46)27-10-12-29(13-11-27)44(5)35(47)28-8-6-25(7-9-28)26-15-19-45(20-16-26)23-30-22-31-33(39)14-18-42-34(31)43(30)4/h6-14,18,22,26,32H,15-17,19-21,23-24H2,1-5H3. The molecule has 2 saturated heterocycles. The molecule has 4 aromatic rings. The van der Waals surface area contributed by atoms with E-state index in [1.165, 1.54) is 11.3 Å². The van der Waals surface area contributed by atoms with Crippen LogP contribution in [0.4, 0.5) is 19.3 Å². The van der Waals surface area contributed by atoms with Gasteiger partial charge in [0.05, 0.1) is 12.5 Å². The van der Waals surface area contributed by atoms with E-state index in [9.17, 15) is 9.59 Å². The molecule has 8 nitrogen and oxygen atoms in total. The minimum atomic E-state index is -3.11. The number of piperidine rings is 2. The fraction of sp³-hybridized carbons (Fsp3) is 0.447. The highest BCUT2D eigenvalue weighted by atomic mass is 79.9. The second kappa shape index (κ2) is 13.8. The lowest BCUT2D eigenvalue weighted by Gasteiger charge is -2.39. The molecule has 2 aliphatic rings. The van der Waals surface area contributed by atoms with Crippen molar-refractivity contribution in [3.05, 3.63) is 93.7 Å². The molecule has 2 aromatic heterocycles. The summed E-state index contributed by atoms with van der Waals surface area (Å²) in [6, 6.07) is 18.8. The SMILES string of the molecule is CN(C(=O)c1ccc(C2CCN(Cc3cc4c(Br)ccnc4n3C)CC2)cc1)c1ccc(C2CCN(C(=O)OC(C)(C)C)CC2(F)F)cc1. The zero-order valence-corrected chi connectivity index (χ0v) is 30.3. The number of carbonyl (C=O) groups excluding carboxylic acids is 2. The molecule has 2 aromatic carbocycles. The van der Waals surface area contributed by atoms with E-state index in [-0.39, 0.29) is 18.9 Å². The average molecular weight is 737 g/mol. The summed E-state index contributed by atoms with van der Waals surface area (Å²) >= 11 is 3.64. The van der Waals surface area contributed by atoms with Crippen LogP contribution in [0.2, 0.25) is 0 Å². The zero-order valence-electron chi connectivity index (χ0n) is 28.8. The van der Waals surface area contributed by atoms with E-state index < -0.39 is 30.1 Å². The van der Waals surface area contributed by atoms with Gasteiger partial charge in [-0.05, 0) is 122 Å².